The average molecular weight is 316 g/mol. The molecule has 0 saturated carbocycles. The molecule has 0 spiro atoms. The van der Waals surface area contributed by atoms with E-state index in [2.05, 4.69) is 11.4 Å². The summed E-state index contributed by atoms with van der Waals surface area (Å²) in [5, 5.41) is 13.3. The van der Waals surface area contributed by atoms with Crippen LogP contribution in [0, 0.1) is 24.0 Å². The molecule has 0 aromatic heterocycles. The maximum Gasteiger partial charge on any atom is 0.269 e. The number of anilines is 1. The molecule has 5 nitrogen and oxygen atoms in total. The molecule has 0 saturated heterocycles. The molecule has 2 aromatic carbocycles. The summed E-state index contributed by atoms with van der Waals surface area (Å²) in [7, 11) is 0. The number of nitro benzene ring substituents is 1. The Balaban J connectivity index is 1.92. The zero-order valence-electron chi connectivity index (χ0n) is 12.3. The summed E-state index contributed by atoms with van der Waals surface area (Å²) in [6.45, 7) is 4.02. The first-order chi connectivity index (χ1) is 10.5. The number of aryl methyl sites for hydroxylation is 2. The molecule has 2 aromatic rings. The second-order valence-corrected chi connectivity index (χ2v) is 5.93. The average Bonchev–Trinajstić information content (AvgIpc) is 2.49. The summed E-state index contributed by atoms with van der Waals surface area (Å²) in [6, 6.07) is 11.9. The summed E-state index contributed by atoms with van der Waals surface area (Å²) >= 11 is 1.48. The molecule has 0 unspecified atom stereocenters. The van der Waals surface area contributed by atoms with Crippen molar-refractivity contribution in [1.29, 1.82) is 0 Å². The van der Waals surface area contributed by atoms with Gasteiger partial charge in [0.1, 0.15) is 0 Å². The number of benzene rings is 2. The minimum Gasteiger partial charge on any atom is -0.325 e. The van der Waals surface area contributed by atoms with Gasteiger partial charge in [0.05, 0.1) is 10.7 Å². The Morgan fingerprint density at radius 1 is 1.18 bits per heavy atom. The highest BCUT2D eigenvalue weighted by Gasteiger charge is 2.08. The Morgan fingerprint density at radius 3 is 2.50 bits per heavy atom. The number of hydrogen-bond donors (Lipinski definition) is 1. The lowest BCUT2D eigenvalue weighted by Crippen LogP contribution is -2.14. The van der Waals surface area contributed by atoms with E-state index in [0.29, 0.717) is 11.4 Å². The molecule has 0 aliphatic heterocycles. The van der Waals surface area contributed by atoms with Gasteiger partial charge in [-0.25, -0.2) is 0 Å². The fraction of sp³-hybridized carbons (Fsp3) is 0.188. The third kappa shape index (κ3) is 4.33. The van der Waals surface area contributed by atoms with Gasteiger partial charge in [0, 0.05) is 22.7 Å². The normalized spacial score (nSPS) is 10.3. The number of nitrogens with one attached hydrogen (secondary N) is 1. The Hall–Kier alpha value is -2.34. The minimum atomic E-state index is -0.470. The fourth-order valence-electron chi connectivity index (χ4n) is 1.87. The van der Waals surface area contributed by atoms with Crippen LogP contribution in [0.25, 0.3) is 0 Å². The smallest absolute Gasteiger partial charge is 0.269 e. The Labute approximate surface area is 132 Å². The number of nitrogens with zero attached hydrogens (tertiary/aromatic N) is 1. The largest absolute Gasteiger partial charge is 0.325 e. The molecule has 0 aliphatic rings. The van der Waals surface area contributed by atoms with Crippen molar-refractivity contribution in [2.75, 3.05) is 11.1 Å². The predicted molar refractivity (Wildman–Crippen MR) is 88.4 cm³/mol. The first kappa shape index (κ1) is 16.0. The second kappa shape index (κ2) is 7.09. The van der Waals surface area contributed by atoms with E-state index in [-0.39, 0.29) is 11.6 Å². The molecule has 114 valence electrons. The summed E-state index contributed by atoms with van der Waals surface area (Å²) in [5.41, 5.74) is 2.85. The lowest BCUT2D eigenvalue weighted by Gasteiger charge is -2.07. The topological polar surface area (TPSA) is 72.2 Å². The van der Waals surface area contributed by atoms with Gasteiger partial charge in [0.2, 0.25) is 5.91 Å². The van der Waals surface area contributed by atoms with Crippen molar-refractivity contribution in [2.45, 2.75) is 18.7 Å². The van der Waals surface area contributed by atoms with Crippen molar-refractivity contribution in [3.63, 3.8) is 0 Å². The first-order valence-electron chi connectivity index (χ1n) is 6.70. The number of non-ortho nitro benzene ring substituents is 1. The van der Waals surface area contributed by atoms with Crippen LogP contribution in [0.1, 0.15) is 11.1 Å². The van der Waals surface area contributed by atoms with Gasteiger partial charge in [-0.3, -0.25) is 14.9 Å². The number of rotatable bonds is 5. The lowest BCUT2D eigenvalue weighted by atomic mass is 10.2. The number of hydrogen-bond acceptors (Lipinski definition) is 4. The molecule has 1 N–H and O–H groups in total. The van der Waals surface area contributed by atoms with Gasteiger partial charge >= 0.3 is 0 Å². The highest BCUT2D eigenvalue weighted by Crippen LogP contribution is 2.24. The van der Waals surface area contributed by atoms with Gasteiger partial charge in [0.25, 0.3) is 5.69 Å². The van der Waals surface area contributed by atoms with Crippen LogP contribution in [0.3, 0.4) is 0 Å². The molecular formula is C16H16N2O3S. The van der Waals surface area contributed by atoms with Gasteiger partial charge in [-0.15, -0.1) is 11.8 Å². The highest BCUT2D eigenvalue weighted by molar-refractivity contribution is 8.00. The summed E-state index contributed by atoms with van der Waals surface area (Å²) in [4.78, 5) is 23.1. The van der Waals surface area contributed by atoms with E-state index in [9.17, 15) is 14.9 Å². The maximum absolute atomic E-state index is 11.9. The molecule has 0 radical (unpaired) electrons. The van der Waals surface area contributed by atoms with Gasteiger partial charge in [-0.05, 0) is 37.6 Å². The number of amides is 1. The van der Waals surface area contributed by atoms with Crippen molar-refractivity contribution in [2.24, 2.45) is 0 Å². The summed E-state index contributed by atoms with van der Waals surface area (Å²) in [5.74, 6) is 0.154. The van der Waals surface area contributed by atoms with E-state index in [1.165, 1.54) is 36.0 Å². The van der Waals surface area contributed by atoms with Gasteiger partial charge in [0.15, 0.2) is 0 Å². The molecule has 22 heavy (non-hydrogen) atoms. The van der Waals surface area contributed by atoms with Gasteiger partial charge in [-0.2, -0.15) is 0 Å². The SMILES string of the molecule is Cc1ccc(C)c(SCC(=O)Nc2ccc([N+](=O)[O-])cc2)c1. The van der Waals surface area contributed by atoms with E-state index in [1.54, 1.807) is 0 Å². The minimum absolute atomic E-state index is 0.00256. The molecule has 1 amide bonds. The summed E-state index contributed by atoms with van der Waals surface area (Å²) < 4.78 is 0. The summed E-state index contributed by atoms with van der Waals surface area (Å²) in [6.07, 6.45) is 0. The molecule has 0 bridgehead atoms. The van der Waals surface area contributed by atoms with Crippen molar-refractivity contribution >= 4 is 29.0 Å². The van der Waals surface area contributed by atoms with Crippen LogP contribution in [0.2, 0.25) is 0 Å². The third-order valence-corrected chi connectivity index (χ3v) is 4.22. The van der Waals surface area contributed by atoms with Gasteiger partial charge < -0.3 is 5.32 Å². The molecule has 0 heterocycles. The van der Waals surface area contributed by atoms with Crippen molar-refractivity contribution < 1.29 is 9.72 Å². The monoisotopic (exact) mass is 316 g/mol. The Kier molecular flexibility index (Phi) is 5.16. The van der Waals surface area contributed by atoms with Crippen molar-refractivity contribution in [3.05, 3.63) is 63.7 Å². The predicted octanol–water partition coefficient (Wildman–Crippen LogP) is 3.94. The molecular weight excluding hydrogens is 300 g/mol. The highest BCUT2D eigenvalue weighted by atomic mass is 32.2. The second-order valence-electron chi connectivity index (χ2n) is 4.91. The zero-order chi connectivity index (χ0) is 16.1. The van der Waals surface area contributed by atoms with Crippen LogP contribution in [0.4, 0.5) is 11.4 Å². The van der Waals surface area contributed by atoms with E-state index in [1.807, 2.05) is 26.0 Å². The number of thioether (sulfide) groups is 1. The van der Waals surface area contributed by atoms with Crippen LogP contribution in [-0.4, -0.2) is 16.6 Å². The Bertz CT molecular complexity index is 699. The maximum atomic E-state index is 11.9. The van der Waals surface area contributed by atoms with Crippen molar-refractivity contribution in [1.82, 2.24) is 0 Å². The zero-order valence-corrected chi connectivity index (χ0v) is 13.1. The fourth-order valence-corrected chi connectivity index (χ4v) is 2.79. The quantitative estimate of drug-likeness (QED) is 0.515. The molecule has 0 atom stereocenters. The van der Waals surface area contributed by atoms with Crippen LogP contribution in [0.15, 0.2) is 47.4 Å². The number of carbonyl (C=O) groups excluding carboxylic acids is 1. The number of carbonyl (C=O) groups is 1. The van der Waals surface area contributed by atoms with E-state index in [0.717, 1.165) is 16.0 Å². The van der Waals surface area contributed by atoms with Crippen LogP contribution < -0.4 is 5.32 Å². The first-order valence-corrected chi connectivity index (χ1v) is 7.68. The standard InChI is InChI=1S/C16H16N2O3S/c1-11-3-4-12(2)15(9-11)22-10-16(19)17-13-5-7-14(8-6-13)18(20)21/h3-9H,10H2,1-2H3,(H,17,19). The molecule has 0 fully saturated rings. The lowest BCUT2D eigenvalue weighted by molar-refractivity contribution is -0.384. The van der Waals surface area contributed by atoms with Crippen LogP contribution >= 0.6 is 11.8 Å². The van der Waals surface area contributed by atoms with E-state index in [4.69, 9.17) is 0 Å². The Morgan fingerprint density at radius 2 is 1.86 bits per heavy atom. The molecule has 2 rings (SSSR count). The van der Waals surface area contributed by atoms with Crippen molar-refractivity contribution in [3.8, 4) is 0 Å². The van der Waals surface area contributed by atoms with E-state index >= 15 is 0 Å². The van der Waals surface area contributed by atoms with Crippen LogP contribution in [0.5, 0.6) is 0 Å². The molecule has 0 aliphatic carbocycles. The van der Waals surface area contributed by atoms with Crippen LogP contribution in [-0.2, 0) is 4.79 Å². The number of nitro groups is 1. The van der Waals surface area contributed by atoms with E-state index < -0.39 is 4.92 Å². The third-order valence-electron chi connectivity index (χ3n) is 3.06. The molecule has 6 heteroatoms. The van der Waals surface area contributed by atoms with Gasteiger partial charge in [-0.1, -0.05) is 17.7 Å².